The van der Waals surface area contributed by atoms with E-state index in [0.29, 0.717) is 12.5 Å². The highest BCUT2D eigenvalue weighted by Gasteiger charge is 2.39. The summed E-state index contributed by atoms with van der Waals surface area (Å²) in [4.78, 5) is 0. The Morgan fingerprint density at radius 1 is 1.14 bits per heavy atom. The number of hydrogen-bond donors (Lipinski definition) is 2. The van der Waals surface area contributed by atoms with Crippen LogP contribution in [0.2, 0.25) is 0 Å². The molecule has 0 aliphatic heterocycles. The first kappa shape index (κ1) is 13.9. The Morgan fingerprint density at radius 3 is 1.79 bits per heavy atom. The predicted molar refractivity (Wildman–Crippen MR) is 62.1 cm³/mol. The third-order valence-electron chi connectivity index (χ3n) is 3.51. The number of nitrogens with two attached hydrogens (primary N) is 1. The van der Waals surface area contributed by atoms with Crippen molar-refractivity contribution in [2.75, 3.05) is 6.54 Å². The van der Waals surface area contributed by atoms with E-state index >= 15 is 0 Å². The van der Waals surface area contributed by atoms with Crippen molar-refractivity contribution >= 4 is 0 Å². The third kappa shape index (κ3) is 3.25. The zero-order chi connectivity index (χ0) is 11.4. The third-order valence-corrected chi connectivity index (χ3v) is 3.51. The van der Waals surface area contributed by atoms with E-state index in [-0.39, 0.29) is 5.41 Å². The molecule has 0 aromatic heterocycles. The molecule has 0 bridgehead atoms. The maximum atomic E-state index is 10.5. The molecule has 86 valence electrons. The van der Waals surface area contributed by atoms with Crippen LogP contribution in [0, 0.1) is 11.3 Å². The van der Waals surface area contributed by atoms with Crippen LogP contribution >= 0.6 is 0 Å². The van der Waals surface area contributed by atoms with Crippen LogP contribution in [0.15, 0.2) is 0 Å². The average Bonchev–Trinajstić information content (AvgIpc) is 2.12. The fourth-order valence-corrected chi connectivity index (χ4v) is 1.75. The SMILES string of the molecule is CCC(CC)CC(O)(CN)C(C)(C)C. The van der Waals surface area contributed by atoms with Crippen LogP contribution in [-0.2, 0) is 0 Å². The standard InChI is InChI=1S/C12H27NO/c1-6-10(7-2)8-12(14,9-13)11(3,4)5/h10,14H,6-9,13H2,1-5H3. The highest BCUT2D eigenvalue weighted by Crippen LogP contribution is 2.36. The van der Waals surface area contributed by atoms with E-state index in [1.165, 1.54) is 0 Å². The van der Waals surface area contributed by atoms with Gasteiger partial charge in [0.05, 0.1) is 5.60 Å². The summed E-state index contributed by atoms with van der Waals surface area (Å²) >= 11 is 0. The summed E-state index contributed by atoms with van der Waals surface area (Å²) in [6.07, 6.45) is 3.06. The smallest absolute Gasteiger partial charge is 0.0819 e. The molecule has 1 atom stereocenters. The Kier molecular flexibility index (Phi) is 5.10. The van der Waals surface area contributed by atoms with Crippen LogP contribution in [-0.4, -0.2) is 17.3 Å². The molecule has 0 aliphatic rings. The summed E-state index contributed by atoms with van der Waals surface area (Å²) in [5, 5.41) is 10.5. The van der Waals surface area contributed by atoms with Crippen LogP contribution in [0.5, 0.6) is 0 Å². The highest BCUT2D eigenvalue weighted by atomic mass is 16.3. The van der Waals surface area contributed by atoms with Crippen molar-refractivity contribution < 1.29 is 5.11 Å². The lowest BCUT2D eigenvalue weighted by Gasteiger charge is -2.41. The van der Waals surface area contributed by atoms with Gasteiger partial charge in [0.25, 0.3) is 0 Å². The lowest BCUT2D eigenvalue weighted by Crippen LogP contribution is -2.50. The van der Waals surface area contributed by atoms with Crippen molar-refractivity contribution in [2.24, 2.45) is 17.1 Å². The van der Waals surface area contributed by atoms with E-state index in [4.69, 9.17) is 5.73 Å². The minimum Gasteiger partial charge on any atom is -0.388 e. The summed E-state index contributed by atoms with van der Waals surface area (Å²) in [5.74, 6) is 0.586. The van der Waals surface area contributed by atoms with Gasteiger partial charge in [-0.25, -0.2) is 0 Å². The fraction of sp³-hybridized carbons (Fsp3) is 1.00. The fourth-order valence-electron chi connectivity index (χ4n) is 1.75. The van der Waals surface area contributed by atoms with Crippen LogP contribution in [0.1, 0.15) is 53.9 Å². The number of rotatable bonds is 5. The van der Waals surface area contributed by atoms with Gasteiger partial charge >= 0.3 is 0 Å². The molecule has 0 aromatic carbocycles. The molecule has 0 amide bonds. The zero-order valence-corrected chi connectivity index (χ0v) is 10.4. The average molecular weight is 201 g/mol. The summed E-state index contributed by atoms with van der Waals surface area (Å²) in [5.41, 5.74) is 4.85. The molecule has 0 aromatic rings. The molecular weight excluding hydrogens is 174 g/mol. The minimum absolute atomic E-state index is 0.135. The van der Waals surface area contributed by atoms with Crippen molar-refractivity contribution in [1.29, 1.82) is 0 Å². The van der Waals surface area contributed by atoms with Crippen LogP contribution in [0.4, 0.5) is 0 Å². The molecule has 0 fully saturated rings. The van der Waals surface area contributed by atoms with Crippen LogP contribution < -0.4 is 5.73 Å². The summed E-state index contributed by atoms with van der Waals surface area (Å²) in [7, 11) is 0. The molecule has 0 spiro atoms. The normalized spacial score (nSPS) is 17.1. The van der Waals surface area contributed by atoms with Crippen LogP contribution in [0.3, 0.4) is 0 Å². The van der Waals surface area contributed by atoms with Gasteiger partial charge in [0.1, 0.15) is 0 Å². The molecule has 3 N–H and O–H groups in total. The molecule has 0 saturated heterocycles. The van der Waals surface area contributed by atoms with E-state index in [2.05, 4.69) is 34.6 Å². The predicted octanol–water partition coefficient (Wildman–Crippen LogP) is 2.55. The summed E-state index contributed by atoms with van der Waals surface area (Å²) < 4.78 is 0. The van der Waals surface area contributed by atoms with Gasteiger partial charge in [-0.3, -0.25) is 0 Å². The zero-order valence-electron chi connectivity index (χ0n) is 10.4. The molecule has 0 heterocycles. The van der Waals surface area contributed by atoms with Gasteiger partial charge in [-0.05, 0) is 17.8 Å². The van der Waals surface area contributed by atoms with E-state index in [1.54, 1.807) is 0 Å². The van der Waals surface area contributed by atoms with Crippen molar-refractivity contribution in [3.05, 3.63) is 0 Å². The van der Waals surface area contributed by atoms with Gasteiger partial charge in [0, 0.05) is 6.54 Å². The second-order valence-corrected chi connectivity index (χ2v) is 5.37. The summed E-state index contributed by atoms with van der Waals surface area (Å²) in [6.45, 7) is 10.9. The van der Waals surface area contributed by atoms with E-state index < -0.39 is 5.60 Å². The first-order valence-corrected chi connectivity index (χ1v) is 5.73. The Labute approximate surface area is 88.9 Å². The molecule has 0 saturated carbocycles. The Hall–Kier alpha value is -0.0800. The number of hydrogen-bond acceptors (Lipinski definition) is 2. The molecule has 2 nitrogen and oxygen atoms in total. The number of aliphatic hydroxyl groups is 1. The summed E-state index contributed by atoms with van der Waals surface area (Å²) in [6, 6.07) is 0. The molecule has 0 radical (unpaired) electrons. The topological polar surface area (TPSA) is 46.2 Å². The highest BCUT2D eigenvalue weighted by molar-refractivity contribution is 4.92. The second kappa shape index (κ2) is 5.13. The molecule has 0 rings (SSSR count). The van der Waals surface area contributed by atoms with E-state index in [0.717, 1.165) is 19.3 Å². The van der Waals surface area contributed by atoms with Crippen molar-refractivity contribution in [1.82, 2.24) is 0 Å². The molecule has 1 unspecified atom stereocenters. The Bertz CT molecular complexity index is 158. The Morgan fingerprint density at radius 2 is 1.57 bits per heavy atom. The first-order chi connectivity index (χ1) is 6.30. The largest absolute Gasteiger partial charge is 0.388 e. The van der Waals surface area contributed by atoms with Crippen molar-refractivity contribution in [3.8, 4) is 0 Å². The molecule has 0 aliphatic carbocycles. The molecule has 14 heavy (non-hydrogen) atoms. The van der Waals surface area contributed by atoms with Gasteiger partial charge in [-0.2, -0.15) is 0 Å². The lowest BCUT2D eigenvalue weighted by atomic mass is 9.71. The Balaban J connectivity index is 4.54. The van der Waals surface area contributed by atoms with Gasteiger partial charge in [0.2, 0.25) is 0 Å². The van der Waals surface area contributed by atoms with Gasteiger partial charge in [-0.1, -0.05) is 47.5 Å². The second-order valence-electron chi connectivity index (χ2n) is 5.37. The van der Waals surface area contributed by atoms with E-state index in [1.807, 2.05) is 0 Å². The van der Waals surface area contributed by atoms with Crippen molar-refractivity contribution in [2.45, 2.75) is 59.5 Å². The molecule has 2 heteroatoms. The van der Waals surface area contributed by atoms with Crippen molar-refractivity contribution in [3.63, 3.8) is 0 Å². The van der Waals surface area contributed by atoms with E-state index in [9.17, 15) is 5.11 Å². The maximum absolute atomic E-state index is 10.5. The van der Waals surface area contributed by atoms with Gasteiger partial charge in [0.15, 0.2) is 0 Å². The van der Waals surface area contributed by atoms with Crippen LogP contribution in [0.25, 0.3) is 0 Å². The lowest BCUT2D eigenvalue weighted by molar-refractivity contribution is -0.0683. The minimum atomic E-state index is -0.719. The molecular formula is C12H27NO. The van der Waals surface area contributed by atoms with Gasteiger partial charge in [-0.15, -0.1) is 0 Å². The maximum Gasteiger partial charge on any atom is 0.0819 e. The first-order valence-electron chi connectivity index (χ1n) is 5.73. The van der Waals surface area contributed by atoms with Gasteiger partial charge < -0.3 is 10.8 Å². The quantitative estimate of drug-likeness (QED) is 0.718. The monoisotopic (exact) mass is 201 g/mol.